The second-order valence-corrected chi connectivity index (χ2v) is 7.55. The van der Waals surface area contributed by atoms with Gasteiger partial charge in [0.25, 0.3) is 0 Å². The molecule has 0 radical (unpaired) electrons. The molecule has 1 amide bonds. The lowest BCUT2D eigenvalue weighted by Gasteiger charge is -2.16. The van der Waals surface area contributed by atoms with Gasteiger partial charge in [0, 0.05) is 30.7 Å². The largest absolute Gasteiger partial charge is 0.355 e. The number of ketones is 2. The Hall–Kier alpha value is -1.68. The van der Waals surface area contributed by atoms with Crippen molar-refractivity contribution >= 4 is 29.1 Å². The average molecular weight is 350 g/mol. The number of carbonyl (C=O) groups excluding carboxylic acids is 3. The van der Waals surface area contributed by atoms with Crippen molar-refractivity contribution in [2.75, 3.05) is 6.54 Å². The van der Waals surface area contributed by atoms with Gasteiger partial charge in [-0.1, -0.05) is 17.7 Å². The molecule has 0 heterocycles. The summed E-state index contributed by atoms with van der Waals surface area (Å²) in [6, 6.07) is 3.98. The van der Waals surface area contributed by atoms with Gasteiger partial charge in [-0.2, -0.15) is 0 Å². The number of amides is 1. The first-order valence-electron chi connectivity index (χ1n) is 8.25. The third-order valence-electron chi connectivity index (χ3n) is 4.50. The molecule has 0 aliphatic heterocycles. The number of aryl methyl sites for hydroxylation is 3. The summed E-state index contributed by atoms with van der Waals surface area (Å²) < 4.78 is 0. The fraction of sp³-hybridized carbons (Fsp3) is 0.526. The van der Waals surface area contributed by atoms with Crippen LogP contribution in [0.2, 0.25) is 0 Å². The second kappa shape index (κ2) is 7.47. The Kier molecular flexibility index (Phi) is 5.81. The zero-order valence-corrected chi connectivity index (χ0v) is 15.4. The molecule has 2 rings (SSSR count). The van der Waals surface area contributed by atoms with Crippen LogP contribution in [0.25, 0.3) is 0 Å². The van der Waals surface area contributed by atoms with Gasteiger partial charge in [-0.05, 0) is 44.4 Å². The van der Waals surface area contributed by atoms with E-state index in [0.29, 0.717) is 6.54 Å². The van der Waals surface area contributed by atoms with Crippen LogP contribution in [0.15, 0.2) is 12.1 Å². The number of halogens is 1. The van der Waals surface area contributed by atoms with Crippen molar-refractivity contribution in [2.45, 2.75) is 51.8 Å². The van der Waals surface area contributed by atoms with Gasteiger partial charge in [-0.3, -0.25) is 14.4 Å². The number of alkyl halides is 1. The number of rotatable bonds is 5. The van der Waals surface area contributed by atoms with E-state index in [1.165, 1.54) is 0 Å². The summed E-state index contributed by atoms with van der Waals surface area (Å²) in [5.41, 5.74) is 3.84. The Morgan fingerprint density at radius 2 is 1.83 bits per heavy atom. The molecule has 3 atom stereocenters. The average Bonchev–Trinajstić information content (AvgIpc) is 2.72. The fourth-order valence-electron chi connectivity index (χ4n) is 3.53. The van der Waals surface area contributed by atoms with Crippen LogP contribution >= 0.6 is 11.6 Å². The van der Waals surface area contributed by atoms with Crippen LogP contribution in [0.3, 0.4) is 0 Å². The van der Waals surface area contributed by atoms with Crippen molar-refractivity contribution in [3.8, 4) is 0 Å². The van der Waals surface area contributed by atoms with E-state index >= 15 is 0 Å². The van der Waals surface area contributed by atoms with Crippen molar-refractivity contribution in [3.63, 3.8) is 0 Å². The lowest BCUT2D eigenvalue weighted by Crippen LogP contribution is -2.31. The summed E-state index contributed by atoms with van der Waals surface area (Å²) >= 11 is 5.81. The van der Waals surface area contributed by atoms with Crippen LogP contribution in [-0.4, -0.2) is 29.4 Å². The predicted molar refractivity (Wildman–Crippen MR) is 94.5 cm³/mol. The molecule has 0 spiro atoms. The lowest BCUT2D eigenvalue weighted by molar-refractivity contribution is -0.128. The Balaban J connectivity index is 2.17. The quantitative estimate of drug-likeness (QED) is 0.656. The smallest absolute Gasteiger partial charge is 0.220 e. The SMILES string of the molecule is Cc1cc(C)c(C2C(=O)CC(CC(=O)NCC(C)Cl)C2=O)c(C)c1. The van der Waals surface area contributed by atoms with Crippen molar-refractivity contribution in [1.82, 2.24) is 5.32 Å². The molecule has 24 heavy (non-hydrogen) atoms. The van der Waals surface area contributed by atoms with Crippen molar-refractivity contribution in [2.24, 2.45) is 5.92 Å². The normalized spacial score (nSPS) is 21.9. The van der Waals surface area contributed by atoms with E-state index in [2.05, 4.69) is 5.32 Å². The highest BCUT2D eigenvalue weighted by molar-refractivity contribution is 6.20. The second-order valence-electron chi connectivity index (χ2n) is 6.80. The molecule has 0 aromatic heterocycles. The number of hydrogen-bond acceptors (Lipinski definition) is 3. The predicted octanol–water partition coefficient (Wildman–Crippen LogP) is 2.99. The van der Waals surface area contributed by atoms with Crippen molar-refractivity contribution in [3.05, 3.63) is 34.4 Å². The van der Waals surface area contributed by atoms with E-state index in [1.807, 2.05) is 32.9 Å². The van der Waals surface area contributed by atoms with Crippen LogP contribution in [-0.2, 0) is 14.4 Å². The van der Waals surface area contributed by atoms with Gasteiger partial charge in [0.2, 0.25) is 5.91 Å². The van der Waals surface area contributed by atoms with Crippen LogP contribution in [0.4, 0.5) is 0 Å². The number of Topliss-reactive ketones (excluding diaryl/α,β-unsaturated/α-hetero) is 2. The van der Waals surface area contributed by atoms with Crippen LogP contribution in [0.1, 0.15) is 47.9 Å². The first-order chi connectivity index (χ1) is 11.2. The molecule has 1 aliphatic rings. The molecular formula is C19H24ClNO3. The Morgan fingerprint density at radius 3 is 2.38 bits per heavy atom. The minimum absolute atomic E-state index is 0.0502. The molecule has 1 N–H and O–H groups in total. The lowest BCUT2D eigenvalue weighted by atomic mass is 9.86. The topological polar surface area (TPSA) is 63.2 Å². The Bertz CT molecular complexity index is 658. The third kappa shape index (κ3) is 4.04. The highest BCUT2D eigenvalue weighted by Gasteiger charge is 2.43. The van der Waals surface area contributed by atoms with Gasteiger partial charge in [-0.15, -0.1) is 11.6 Å². The molecule has 5 heteroatoms. The maximum atomic E-state index is 12.8. The highest BCUT2D eigenvalue weighted by Crippen LogP contribution is 2.37. The van der Waals surface area contributed by atoms with Crippen LogP contribution < -0.4 is 5.32 Å². The Morgan fingerprint density at radius 1 is 1.25 bits per heavy atom. The van der Waals surface area contributed by atoms with E-state index in [4.69, 9.17) is 11.6 Å². The molecule has 0 bridgehead atoms. The van der Waals surface area contributed by atoms with Gasteiger partial charge in [-0.25, -0.2) is 0 Å². The standard InChI is InChI=1S/C19H24ClNO3/c1-10-5-11(2)17(12(3)6-10)18-15(22)7-14(19(18)24)8-16(23)21-9-13(4)20/h5-6,13-14,18H,7-9H2,1-4H3,(H,21,23). The summed E-state index contributed by atoms with van der Waals surface area (Å²) in [5.74, 6) is -1.71. The summed E-state index contributed by atoms with van der Waals surface area (Å²) in [4.78, 5) is 37.2. The summed E-state index contributed by atoms with van der Waals surface area (Å²) in [7, 11) is 0. The molecule has 1 fully saturated rings. The first kappa shape index (κ1) is 18.7. The maximum Gasteiger partial charge on any atom is 0.220 e. The zero-order valence-electron chi connectivity index (χ0n) is 14.6. The van der Waals surface area contributed by atoms with Gasteiger partial charge >= 0.3 is 0 Å². The molecule has 1 aliphatic carbocycles. The van der Waals surface area contributed by atoms with E-state index in [9.17, 15) is 14.4 Å². The van der Waals surface area contributed by atoms with Gasteiger partial charge < -0.3 is 5.32 Å². The van der Waals surface area contributed by atoms with Crippen molar-refractivity contribution in [1.29, 1.82) is 0 Å². The van der Waals surface area contributed by atoms with Crippen LogP contribution in [0.5, 0.6) is 0 Å². The minimum Gasteiger partial charge on any atom is -0.355 e. The van der Waals surface area contributed by atoms with E-state index in [1.54, 1.807) is 6.92 Å². The number of carbonyl (C=O) groups is 3. The van der Waals surface area contributed by atoms with Gasteiger partial charge in [0.15, 0.2) is 5.78 Å². The summed E-state index contributed by atoms with van der Waals surface area (Å²) in [6.45, 7) is 7.99. The van der Waals surface area contributed by atoms with E-state index in [-0.39, 0.29) is 35.7 Å². The molecule has 130 valence electrons. The fourth-order valence-corrected chi connectivity index (χ4v) is 3.61. The summed E-state index contributed by atoms with van der Waals surface area (Å²) in [6.07, 6.45) is 0.189. The van der Waals surface area contributed by atoms with E-state index < -0.39 is 11.8 Å². The molecule has 1 aromatic carbocycles. The maximum absolute atomic E-state index is 12.8. The molecular weight excluding hydrogens is 326 g/mol. The monoisotopic (exact) mass is 349 g/mol. The number of nitrogens with one attached hydrogen (secondary N) is 1. The van der Waals surface area contributed by atoms with E-state index in [0.717, 1.165) is 22.3 Å². The molecule has 3 unspecified atom stereocenters. The van der Waals surface area contributed by atoms with Crippen LogP contribution in [0, 0.1) is 26.7 Å². The van der Waals surface area contributed by atoms with Crippen molar-refractivity contribution < 1.29 is 14.4 Å². The van der Waals surface area contributed by atoms with Gasteiger partial charge in [0.1, 0.15) is 11.7 Å². The first-order valence-corrected chi connectivity index (χ1v) is 8.69. The minimum atomic E-state index is -0.727. The zero-order chi connectivity index (χ0) is 18.0. The molecule has 1 aromatic rings. The van der Waals surface area contributed by atoms with Gasteiger partial charge in [0.05, 0.1) is 0 Å². The number of hydrogen-bond donors (Lipinski definition) is 1. The Labute approximate surface area is 148 Å². The third-order valence-corrected chi connectivity index (χ3v) is 4.65. The summed E-state index contributed by atoms with van der Waals surface area (Å²) in [5, 5.41) is 2.53. The molecule has 0 saturated heterocycles. The number of benzene rings is 1. The molecule has 1 saturated carbocycles. The molecule has 4 nitrogen and oxygen atoms in total. The highest BCUT2D eigenvalue weighted by atomic mass is 35.5.